The molecule has 0 spiro atoms. The summed E-state index contributed by atoms with van der Waals surface area (Å²) in [6, 6.07) is -0.290. The Bertz CT molecular complexity index is 435. The Labute approximate surface area is 144 Å². The van der Waals surface area contributed by atoms with Crippen LogP contribution in [0.25, 0.3) is 0 Å². The maximum absolute atomic E-state index is 12.2. The predicted octanol–water partition coefficient (Wildman–Crippen LogP) is 3.37. The average Bonchev–Trinajstić information content (AvgIpc) is 2.45. The van der Waals surface area contributed by atoms with Crippen LogP contribution >= 0.6 is 0 Å². The summed E-state index contributed by atoms with van der Waals surface area (Å²) in [7, 11) is 0. The van der Waals surface area contributed by atoms with Gasteiger partial charge in [0.2, 0.25) is 0 Å². The summed E-state index contributed by atoms with van der Waals surface area (Å²) < 4.78 is 10.1. The number of Topliss-reactive ketones (excluding diaryl/α,β-unsaturated/α-hetero) is 1. The first-order valence-electron chi connectivity index (χ1n) is 8.88. The van der Waals surface area contributed by atoms with Gasteiger partial charge in [-0.05, 0) is 46.5 Å². The van der Waals surface area contributed by atoms with E-state index >= 15 is 0 Å². The SMILES string of the molecule is CCOC(=O)CC(=O)CC(NC(=O)OC(C)(C)C)C1CCCCC1. The first kappa shape index (κ1) is 20.5. The second-order valence-electron chi connectivity index (χ2n) is 7.38. The monoisotopic (exact) mass is 341 g/mol. The smallest absolute Gasteiger partial charge is 0.407 e. The van der Waals surface area contributed by atoms with Crippen molar-refractivity contribution < 1.29 is 23.9 Å². The van der Waals surface area contributed by atoms with Gasteiger partial charge in [-0.15, -0.1) is 0 Å². The molecule has 1 fully saturated rings. The minimum absolute atomic E-state index is 0.142. The first-order valence-corrected chi connectivity index (χ1v) is 8.88. The number of hydrogen-bond donors (Lipinski definition) is 1. The number of rotatable bonds is 7. The van der Waals surface area contributed by atoms with E-state index < -0.39 is 17.7 Å². The minimum atomic E-state index is -0.587. The number of nitrogens with one attached hydrogen (secondary N) is 1. The zero-order valence-corrected chi connectivity index (χ0v) is 15.4. The van der Waals surface area contributed by atoms with Crippen LogP contribution in [0.15, 0.2) is 0 Å². The van der Waals surface area contributed by atoms with Crippen LogP contribution in [0.1, 0.15) is 72.6 Å². The molecular formula is C18H31NO5. The summed E-state index contributed by atoms with van der Waals surface area (Å²) in [5.74, 6) is -0.473. The summed E-state index contributed by atoms with van der Waals surface area (Å²) in [4.78, 5) is 35.7. The molecule has 1 aliphatic rings. The lowest BCUT2D eigenvalue weighted by molar-refractivity contribution is -0.145. The third-order valence-electron chi connectivity index (χ3n) is 4.02. The van der Waals surface area contributed by atoms with E-state index in [0.717, 1.165) is 25.7 Å². The van der Waals surface area contributed by atoms with Crippen LogP contribution in [0, 0.1) is 5.92 Å². The van der Waals surface area contributed by atoms with E-state index in [2.05, 4.69) is 5.32 Å². The summed E-state index contributed by atoms with van der Waals surface area (Å²) >= 11 is 0. The van der Waals surface area contributed by atoms with E-state index in [1.165, 1.54) is 6.42 Å². The molecular weight excluding hydrogens is 310 g/mol. The largest absolute Gasteiger partial charge is 0.466 e. The summed E-state index contributed by atoms with van der Waals surface area (Å²) in [6.45, 7) is 7.36. The second kappa shape index (κ2) is 9.64. The maximum atomic E-state index is 12.2. The fraction of sp³-hybridized carbons (Fsp3) is 0.833. The van der Waals surface area contributed by atoms with Gasteiger partial charge in [0.15, 0.2) is 0 Å². The first-order chi connectivity index (χ1) is 11.2. The normalized spacial score (nSPS) is 17.0. The van der Waals surface area contributed by atoms with Crippen molar-refractivity contribution in [2.24, 2.45) is 5.92 Å². The van der Waals surface area contributed by atoms with Crippen LogP contribution in [0.3, 0.4) is 0 Å². The van der Waals surface area contributed by atoms with Gasteiger partial charge >= 0.3 is 12.1 Å². The summed E-state index contributed by atoms with van der Waals surface area (Å²) in [5, 5.41) is 2.85. The Morgan fingerprint density at radius 2 is 1.75 bits per heavy atom. The minimum Gasteiger partial charge on any atom is -0.466 e. The molecule has 0 saturated heterocycles. The van der Waals surface area contributed by atoms with Crippen molar-refractivity contribution in [3.05, 3.63) is 0 Å². The number of ether oxygens (including phenoxy) is 2. The quantitative estimate of drug-likeness (QED) is 0.567. The van der Waals surface area contributed by atoms with Crippen molar-refractivity contribution >= 4 is 17.8 Å². The highest BCUT2D eigenvalue weighted by atomic mass is 16.6. The van der Waals surface area contributed by atoms with Gasteiger partial charge in [0, 0.05) is 12.5 Å². The van der Waals surface area contributed by atoms with Gasteiger partial charge in [-0.1, -0.05) is 19.3 Å². The molecule has 1 atom stereocenters. The van der Waals surface area contributed by atoms with Crippen LogP contribution in [0.5, 0.6) is 0 Å². The fourth-order valence-electron chi connectivity index (χ4n) is 3.02. The molecule has 6 heteroatoms. The number of carbonyl (C=O) groups is 3. The molecule has 1 rings (SSSR count). The van der Waals surface area contributed by atoms with Crippen molar-refractivity contribution in [3.8, 4) is 0 Å². The third-order valence-corrected chi connectivity index (χ3v) is 4.02. The van der Waals surface area contributed by atoms with Crippen molar-refractivity contribution in [3.63, 3.8) is 0 Å². The van der Waals surface area contributed by atoms with E-state index in [1.54, 1.807) is 27.7 Å². The van der Waals surface area contributed by atoms with E-state index in [4.69, 9.17) is 9.47 Å². The van der Waals surface area contributed by atoms with E-state index in [9.17, 15) is 14.4 Å². The second-order valence-corrected chi connectivity index (χ2v) is 7.38. The molecule has 0 bridgehead atoms. The van der Waals surface area contributed by atoms with Crippen molar-refractivity contribution in [2.75, 3.05) is 6.61 Å². The van der Waals surface area contributed by atoms with Crippen molar-refractivity contribution in [1.82, 2.24) is 5.32 Å². The Kier molecular flexibility index (Phi) is 8.22. The van der Waals surface area contributed by atoms with Gasteiger partial charge in [0.05, 0.1) is 6.61 Å². The number of ketones is 1. The summed E-state index contributed by atoms with van der Waals surface area (Å²) in [6.07, 6.45) is 4.73. The van der Waals surface area contributed by atoms with Crippen LogP contribution in [0.4, 0.5) is 4.79 Å². The van der Waals surface area contributed by atoms with Crippen molar-refractivity contribution in [2.45, 2.75) is 84.3 Å². The number of hydrogen-bond acceptors (Lipinski definition) is 5. The lowest BCUT2D eigenvalue weighted by Crippen LogP contribution is -2.44. The van der Waals surface area contributed by atoms with Crippen LogP contribution in [-0.2, 0) is 19.1 Å². The lowest BCUT2D eigenvalue weighted by atomic mass is 9.82. The van der Waals surface area contributed by atoms with Gasteiger partial charge < -0.3 is 14.8 Å². The average molecular weight is 341 g/mol. The fourth-order valence-corrected chi connectivity index (χ4v) is 3.02. The molecule has 1 N–H and O–H groups in total. The molecule has 0 aliphatic heterocycles. The van der Waals surface area contributed by atoms with Crippen molar-refractivity contribution in [1.29, 1.82) is 0 Å². The highest BCUT2D eigenvalue weighted by molar-refractivity contribution is 5.95. The van der Waals surface area contributed by atoms with Gasteiger partial charge in [-0.3, -0.25) is 9.59 Å². The highest BCUT2D eigenvalue weighted by Gasteiger charge is 2.29. The topological polar surface area (TPSA) is 81.7 Å². The number of amides is 1. The van der Waals surface area contributed by atoms with E-state index in [1.807, 2.05) is 0 Å². The molecule has 1 unspecified atom stereocenters. The number of esters is 1. The number of carbonyl (C=O) groups excluding carboxylic acids is 3. The molecule has 0 aromatic rings. The van der Waals surface area contributed by atoms with Gasteiger partial charge in [0.1, 0.15) is 17.8 Å². The Morgan fingerprint density at radius 3 is 2.29 bits per heavy atom. The molecule has 1 aliphatic carbocycles. The molecule has 0 aromatic heterocycles. The molecule has 0 radical (unpaired) electrons. The molecule has 24 heavy (non-hydrogen) atoms. The molecule has 138 valence electrons. The van der Waals surface area contributed by atoms with Crippen LogP contribution < -0.4 is 5.32 Å². The predicted molar refractivity (Wildman–Crippen MR) is 90.6 cm³/mol. The highest BCUT2D eigenvalue weighted by Crippen LogP contribution is 2.28. The standard InChI is InChI=1S/C18H31NO5/c1-5-23-16(21)12-14(20)11-15(13-9-7-6-8-10-13)19-17(22)24-18(2,3)4/h13,15H,5-12H2,1-4H3,(H,19,22). The Morgan fingerprint density at radius 1 is 1.12 bits per heavy atom. The van der Waals surface area contributed by atoms with Crippen LogP contribution in [0.2, 0.25) is 0 Å². The maximum Gasteiger partial charge on any atom is 0.407 e. The molecule has 1 saturated carbocycles. The van der Waals surface area contributed by atoms with E-state index in [-0.39, 0.29) is 37.2 Å². The van der Waals surface area contributed by atoms with Gasteiger partial charge in [-0.2, -0.15) is 0 Å². The summed E-state index contributed by atoms with van der Waals surface area (Å²) in [5.41, 5.74) is -0.587. The zero-order chi connectivity index (χ0) is 18.2. The molecule has 1 amide bonds. The molecule has 6 nitrogen and oxygen atoms in total. The Balaban J connectivity index is 2.65. The molecule has 0 heterocycles. The Hall–Kier alpha value is -1.59. The van der Waals surface area contributed by atoms with E-state index in [0.29, 0.717) is 0 Å². The zero-order valence-electron chi connectivity index (χ0n) is 15.4. The molecule has 0 aromatic carbocycles. The van der Waals surface area contributed by atoms with Crippen LogP contribution in [-0.4, -0.2) is 36.1 Å². The van der Waals surface area contributed by atoms with Gasteiger partial charge in [0.25, 0.3) is 0 Å². The lowest BCUT2D eigenvalue weighted by Gasteiger charge is -2.31. The number of alkyl carbamates (subject to hydrolysis) is 1. The van der Waals surface area contributed by atoms with Gasteiger partial charge in [-0.25, -0.2) is 4.79 Å². The third kappa shape index (κ3) is 8.31.